The van der Waals surface area contributed by atoms with E-state index in [9.17, 15) is 14.4 Å². The SMILES string of the molecule is COC(=O)[C@H]1[C@H]2[C@@H]1[C@@]13C=C[C@@H]2N1C(=O)N(c1ccccc1)C(=O)N3C. The molecule has 1 saturated carbocycles. The number of benzene rings is 1. The van der Waals surface area contributed by atoms with E-state index in [0.29, 0.717) is 5.69 Å². The number of nitrogens with zero attached hydrogens (tertiary/aromatic N) is 3. The number of para-hydroxylation sites is 1. The van der Waals surface area contributed by atoms with Gasteiger partial charge < -0.3 is 4.74 Å². The van der Waals surface area contributed by atoms with Crippen LogP contribution < -0.4 is 4.90 Å². The smallest absolute Gasteiger partial charge is 0.335 e. The maximum Gasteiger partial charge on any atom is 0.335 e. The van der Waals surface area contributed by atoms with E-state index in [4.69, 9.17) is 4.74 Å². The number of likely N-dealkylation sites (N-methyl/N-ethyl adjacent to an activating group) is 1. The Morgan fingerprint density at radius 3 is 2.56 bits per heavy atom. The van der Waals surface area contributed by atoms with Gasteiger partial charge in [0.15, 0.2) is 0 Å². The van der Waals surface area contributed by atoms with Gasteiger partial charge in [-0.3, -0.25) is 14.6 Å². The summed E-state index contributed by atoms with van der Waals surface area (Å²) in [6.07, 6.45) is 3.85. The van der Waals surface area contributed by atoms with Crippen LogP contribution in [0.2, 0.25) is 0 Å². The van der Waals surface area contributed by atoms with Crippen molar-refractivity contribution in [2.24, 2.45) is 17.8 Å². The predicted octanol–water partition coefficient (Wildman–Crippen LogP) is 1.66. The van der Waals surface area contributed by atoms with Crippen LogP contribution in [0.15, 0.2) is 42.5 Å². The molecule has 128 valence electrons. The quantitative estimate of drug-likeness (QED) is 0.607. The number of anilines is 1. The number of carbonyl (C=O) groups excluding carboxylic acids is 3. The van der Waals surface area contributed by atoms with Crippen LogP contribution in [0.5, 0.6) is 0 Å². The molecule has 0 spiro atoms. The van der Waals surface area contributed by atoms with Crippen molar-refractivity contribution in [1.82, 2.24) is 9.80 Å². The third-order valence-corrected chi connectivity index (χ3v) is 6.08. The first-order valence-corrected chi connectivity index (χ1v) is 8.27. The molecule has 0 unspecified atom stereocenters. The molecule has 2 saturated heterocycles. The predicted molar refractivity (Wildman–Crippen MR) is 87.5 cm³/mol. The Morgan fingerprint density at radius 1 is 1.16 bits per heavy atom. The van der Waals surface area contributed by atoms with E-state index < -0.39 is 5.66 Å². The number of esters is 1. The maximum atomic E-state index is 13.2. The Balaban J connectivity index is 1.57. The summed E-state index contributed by atoms with van der Waals surface area (Å²) in [4.78, 5) is 42.8. The topological polar surface area (TPSA) is 70.2 Å². The van der Waals surface area contributed by atoms with Gasteiger partial charge in [-0.1, -0.05) is 24.3 Å². The van der Waals surface area contributed by atoms with E-state index in [1.807, 2.05) is 18.2 Å². The highest BCUT2D eigenvalue weighted by Gasteiger charge is 2.81. The molecule has 0 aromatic heterocycles. The number of fused-ring (bicyclic) bond motifs is 2. The molecule has 7 nitrogen and oxygen atoms in total. The Bertz CT molecular complexity index is 838. The number of ether oxygens (including phenoxy) is 1. The highest BCUT2D eigenvalue weighted by molar-refractivity contribution is 6.16. The molecule has 0 radical (unpaired) electrons. The summed E-state index contributed by atoms with van der Waals surface area (Å²) in [6.45, 7) is 0. The molecule has 1 aromatic carbocycles. The first kappa shape index (κ1) is 14.5. The molecule has 3 aliphatic heterocycles. The summed E-state index contributed by atoms with van der Waals surface area (Å²) in [6, 6.07) is 8.02. The number of hydrogen-bond donors (Lipinski definition) is 0. The fourth-order valence-electron chi connectivity index (χ4n) is 5.03. The summed E-state index contributed by atoms with van der Waals surface area (Å²) in [5, 5.41) is 0. The minimum absolute atomic E-state index is 0.0207. The van der Waals surface area contributed by atoms with Gasteiger partial charge in [0.05, 0.1) is 24.8 Å². The summed E-state index contributed by atoms with van der Waals surface area (Å²) < 4.78 is 4.91. The number of methoxy groups -OCH3 is 1. The largest absolute Gasteiger partial charge is 0.469 e. The molecule has 0 N–H and O–H groups in total. The summed E-state index contributed by atoms with van der Waals surface area (Å²) in [7, 11) is 3.07. The lowest BCUT2D eigenvalue weighted by Gasteiger charge is -2.50. The molecule has 2 bridgehead atoms. The number of urea groups is 2. The molecule has 3 fully saturated rings. The molecule has 25 heavy (non-hydrogen) atoms. The van der Waals surface area contributed by atoms with Crippen LogP contribution >= 0.6 is 0 Å². The van der Waals surface area contributed by atoms with E-state index in [-0.39, 0.29) is 41.8 Å². The van der Waals surface area contributed by atoms with Crippen LogP contribution in [0.25, 0.3) is 0 Å². The van der Waals surface area contributed by atoms with Crippen LogP contribution in [0.3, 0.4) is 0 Å². The maximum absolute atomic E-state index is 13.2. The molecule has 7 heteroatoms. The molecular formula is C18H17N3O4. The van der Waals surface area contributed by atoms with Gasteiger partial charge in [-0.25, -0.2) is 14.5 Å². The van der Waals surface area contributed by atoms with Gasteiger partial charge in [0, 0.05) is 18.9 Å². The minimum Gasteiger partial charge on any atom is -0.469 e. The Labute approximate surface area is 144 Å². The number of hydrogen-bond acceptors (Lipinski definition) is 4. The molecule has 3 heterocycles. The second kappa shape index (κ2) is 4.41. The van der Waals surface area contributed by atoms with Crippen LogP contribution in [0.1, 0.15) is 0 Å². The third-order valence-electron chi connectivity index (χ3n) is 6.08. The molecule has 1 aromatic rings. The van der Waals surface area contributed by atoms with Crippen molar-refractivity contribution in [1.29, 1.82) is 0 Å². The van der Waals surface area contributed by atoms with Gasteiger partial charge in [0.2, 0.25) is 0 Å². The molecule has 4 amide bonds. The Kier molecular flexibility index (Phi) is 2.56. The third kappa shape index (κ3) is 1.45. The zero-order valence-corrected chi connectivity index (χ0v) is 13.8. The van der Waals surface area contributed by atoms with Crippen molar-refractivity contribution in [3.63, 3.8) is 0 Å². The first-order chi connectivity index (χ1) is 12.0. The number of piperidine rings is 1. The zero-order chi connectivity index (χ0) is 17.5. The first-order valence-electron chi connectivity index (χ1n) is 8.27. The van der Waals surface area contributed by atoms with Gasteiger partial charge in [-0.05, 0) is 18.2 Å². The highest BCUT2D eigenvalue weighted by atomic mass is 16.5. The van der Waals surface area contributed by atoms with Crippen LogP contribution in [-0.2, 0) is 9.53 Å². The molecular weight excluding hydrogens is 322 g/mol. The lowest BCUT2D eigenvalue weighted by atomic mass is 9.98. The lowest BCUT2D eigenvalue weighted by molar-refractivity contribution is -0.144. The highest BCUT2D eigenvalue weighted by Crippen LogP contribution is 2.69. The normalized spacial score (nSPS) is 37.3. The van der Waals surface area contributed by atoms with Crippen molar-refractivity contribution in [3.8, 4) is 0 Å². The fraction of sp³-hybridized carbons (Fsp3) is 0.389. The van der Waals surface area contributed by atoms with Gasteiger partial charge in [-0.2, -0.15) is 0 Å². The Hall–Kier alpha value is -2.83. The fourth-order valence-corrected chi connectivity index (χ4v) is 5.03. The van der Waals surface area contributed by atoms with Crippen molar-refractivity contribution >= 4 is 23.7 Å². The van der Waals surface area contributed by atoms with Crippen molar-refractivity contribution < 1.29 is 19.1 Å². The van der Waals surface area contributed by atoms with E-state index in [0.717, 1.165) is 0 Å². The van der Waals surface area contributed by atoms with Gasteiger partial charge in [-0.15, -0.1) is 0 Å². The van der Waals surface area contributed by atoms with Crippen LogP contribution in [0.4, 0.5) is 15.3 Å². The van der Waals surface area contributed by atoms with E-state index in [1.54, 1.807) is 41.1 Å². The lowest BCUT2D eigenvalue weighted by Crippen LogP contribution is -2.71. The molecule has 5 rings (SSSR count). The number of carbonyl (C=O) groups is 3. The second-order valence-corrected chi connectivity index (χ2v) is 6.95. The second-order valence-electron chi connectivity index (χ2n) is 6.95. The standard InChI is InChI=1S/C18H17N3O4/c1-19-16(23)20(10-6-4-3-5-7-10)17(24)21-11-8-9-18(19,21)14-12(11)13(14)15(22)25-2/h3-9,11-14H,1-2H3/t11-,12-,13-,14-,18+/m0/s1. The van der Waals surface area contributed by atoms with Gasteiger partial charge in [0.25, 0.3) is 0 Å². The molecule has 4 aliphatic rings. The molecule has 5 atom stereocenters. The zero-order valence-electron chi connectivity index (χ0n) is 13.8. The average molecular weight is 339 g/mol. The van der Waals surface area contributed by atoms with Crippen molar-refractivity contribution in [2.45, 2.75) is 11.7 Å². The van der Waals surface area contributed by atoms with Gasteiger partial charge in [0.1, 0.15) is 5.66 Å². The van der Waals surface area contributed by atoms with E-state index in [1.165, 1.54) is 12.0 Å². The van der Waals surface area contributed by atoms with Crippen LogP contribution in [0, 0.1) is 17.8 Å². The number of amides is 4. The molecule has 1 aliphatic carbocycles. The summed E-state index contributed by atoms with van der Waals surface area (Å²) >= 11 is 0. The number of imide groups is 1. The van der Waals surface area contributed by atoms with E-state index >= 15 is 0 Å². The minimum atomic E-state index is -0.854. The summed E-state index contributed by atoms with van der Waals surface area (Å²) in [5.74, 6) is -0.591. The van der Waals surface area contributed by atoms with Crippen molar-refractivity contribution in [3.05, 3.63) is 42.5 Å². The van der Waals surface area contributed by atoms with Gasteiger partial charge >= 0.3 is 18.0 Å². The summed E-state index contributed by atoms with van der Waals surface area (Å²) in [5.41, 5.74) is -0.308. The van der Waals surface area contributed by atoms with Crippen molar-refractivity contribution in [2.75, 3.05) is 19.1 Å². The van der Waals surface area contributed by atoms with Crippen LogP contribution in [-0.4, -0.2) is 53.7 Å². The average Bonchev–Trinajstić information content (AvgIpc) is 3.19. The Morgan fingerprint density at radius 2 is 1.88 bits per heavy atom. The van der Waals surface area contributed by atoms with E-state index in [2.05, 4.69) is 0 Å². The monoisotopic (exact) mass is 339 g/mol. The number of rotatable bonds is 2.